The van der Waals surface area contributed by atoms with E-state index in [4.69, 9.17) is 21.1 Å². The monoisotopic (exact) mass is 305 g/mol. The third-order valence-corrected chi connectivity index (χ3v) is 3.37. The van der Waals surface area contributed by atoms with Gasteiger partial charge in [0.25, 0.3) is 0 Å². The van der Waals surface area contributed by atoms with Gasteiger partial charge >= 0.3 is 0 Å². The second-order valence-corrected chi connectivity index (χ2v) is 5.09. The summed E-state index contributed by atoms with van der Waals surface area (Å²) in [5.41, 5.74) is 1.05. The highest BCUT2D eigenvalue weighted by molar-refractivity contribution is 6.32. The zero-order chi connectivity index (χ0) is 15.1. The van der Waals surface area contributed by atoms with Gasteiger partial charge in [-0.05, 0) is 43.3 Å². The minimum atomic E-state index is 0.613. The fourth-order valence-electron chi connectivity index (χ4n) is 1.97. The van der Waals surface area contributed by atoms with Crippen LogP contribution in [0.25, 0.3) is 0 Å². The van der Waals surface area contributed by atoms with Crippen LogP contribution in [0.4, 0.5) is 0 Å². The van der Waals surface area contributed by atoms with E-state index >= 15 is 0 Å². The first-order valence-electron chi connectivity index (χ1n) is 7.04. The summed E-state index contributed by atoms with van der Waals surface area (Å²) in [5, 5.41) is 3.98. The normalized spacial score (nSPS) is 10.4. The first kappa shape index (κ1) is 15.7. The van der Waals surface area contributed by atoms with Crippen molar-refractivity contribution in [2.75, 3.05) is 13.7 Å². The molecule has 4 heteroatoms. The Labute approximate surface area is 130 Å². The molecule has 1 N–H and O–H groups in total. The van der Waals surface area contributed by atoms with Gasteiger partial charge in [0.15, 0.2) is 0 Å². The van der Waals surface area contributed by atoms with Crippen molar-refractivity contribution < 1.29 is 9.47 Å². The number of methoxy groups -OCH3 is 1. The number of halogens is 1. The van der Waals surface area contributed by atoms with Gasteiger partial charge in [-0.3, -0.25) is 0 Å². The minimum absolute atomic E-state index is 0.613. The molecule has 0 radical (unpaired) electrons. The Morgan fingerprint density at radius 3 is 2.43 bits per heavy atom. The van der Waals surface area contributed by atoms with Crippen molar-refractivity contribution in [2.24, 2.45) is 0 Å². The van der Waals surface area contributed by atoms with Crippen LogP contribution in [-0.2, 0) is 6.54 Å². The van der Waals surface area contributed by atoms with Crippen LogP contribution < -0.4 is 14.8 Å². The fourth-order valence-corrected chi connectivity index (χ4v) is 2.20. The van der Waals surface area contributed by atoms with Crippen molar-refractivity contribution in [1.82, 2.24) is 5.32 Å². The van der Waals surface area contributed by atoms with Gasteiger partial charge in [0.05, 0.1) is 12.1 Å². The van der Waals surface area contributed by atoms with E-state index < -0.39 is 0 Å². The van der Waals surface area contributed by atoms with Gasteiger partial charge < -0.3 is 14.8 Å². The first-order valence-corrected chi connectivity index (χ1v) is 7.42. The van der Waals surface area contributed by atoms with Gasteiger partial charge in [0.1, 0.15) is 17.2 Å². The number of rotatable bonds is 7. The summed E-state index contributed by atoms with van der Waals surface area (Å²) < 4.78 is 11.1. The standard InChI is InChI=1S/C17H20ClNO2/c1-3-11-19-12-13-5-4-6-16(18)17(13)21-15-9-7-14(20-2)8-10-15/h4-10,19H,3,11-12H2,1-2H3. The molecule has 0 aliphatic heterocycles. The van der Waals surface area contributed by atoms with Crippen LogP contribution in [0.1, 0.15) is 18.9 Å². The Bertz CT molecular complexity index is 570. The molecule has 0 heterocycles. The molecule has 0 aromatic heterocycles. The van der Waals surface area contributed by atoms with E-state index in [-0.39, 0.29) is 0 Å². The lowest BCUT2D eigenvalue weighted by Gasteiger charge is -2.13. The number of benzene rings is 2. The molecule has 0 saturated carbocycles. The highest BCUT2D eigenvalue weighted by Crippen LogP contribution is 2.33. The fraction of sp³-hybridized carbons (Fsp3) is 0.294. The van der Waals surface area contributed by atoms with Gasteiger partial charge in [-0.2, -0.15) is 0 Å². The molecule has 0 spiro atoms. The second-order valence-electron chi connectivity index (χ2n) is 4.68. The number of hydrogen-bond donors (Lipinski definition) is 1. The van der Waals surface area contributed by atoms with Crippen molar-refractivity contribution in [2.45, 2.75) is 19.9 Å². The molecule has 3 nitrogen and oxygen atoms in total. The lowest BCUT2D eigenvalue weighted by Crippen LogP contribution is -2.14. The van der Waals surface area contributed by atoms with Crippen molar-refractivity contribution in [3.05, 3.63) is 53.1 Å². The second kappa shape index (κ2) is 7.91. The largest absolute Gasteiger partial charge is 0.497 e. The maximum Gasteiger partial charge on any atom is 0.150 e. The predicted molar refractivity (Wildman–Crippen MR) is 86.5 cm³/mol. The van der Waals surface area contributed by atoms with Gasteiger partial charge in [-0.1, -0.05) is 30.7 Å². The molecule has 0 amide bonds. The maximum absolute atomic E-state index is 6.27. The smallest absolute Gasteiger partial charge is 0.150 e. The lowest BCUT2D eigenvalue weighted by molar-refractivity contribution is 0.412. The van der Waals surface area contributed by atoms with Crippen molar-refractivity contribution in [1.29, 1.82) is 0 Å². The first-order chi connectivity index (χ1) is 10.2. The quantitative estimate of drug-likeness (QED) is 0.756. The number of hydrogen-bond acceptors (Lipinski definition) is 3. The van der Waals surface area contributed by atoms with E-state index in [0.29, 0.717) is 10.8 Å². The average molecular weight is 306 g/mol. The average Bonchev–Trinajstić information content (AvgIpc) is 2.51. The molecule has 112 valence electrons. The van der Waals surface area contributed by atoms with Gasteiger partial charge in [-0.25, -0.2) is 0 Å². The number of nitrogens with one attached hydrogen (secondary N) is 1. The molecule has 2 aromatic rings. The predicted octanol–water partition coefficient (Wildman–Crippen LogP) is 4.64. The SMILES string of the molecule is CCCNCc1cccc(Cl)c1Oc1ccc(OC)cc1. The van der Waals surface area contributed by atoms with Crippen molar-refractivity contribution >= 4 is 11.6 Å². The van der Waals surface area contributed by atoms with Crippen LogP contribution in [0.15, 0.2) is 42.5 Å². The summed E-state index contributed by atoms with van der Waals surface area (Å²) in [6.07, 6.45) is 1.09. The summed E-state index contributed by atoms with van der Waals surface area (Å²) in [6, 6.07) is 13.3. The van der Waals surface area contributed by atoms with E-state index in [1.165, 1.54) is 0 Å². The minimum Gasteiger partial charge on any atom is -0.497 e. The van der Waals surface area contributed by atoms with Crippen LogP contribution in [0, 0.1) is 0 Å². The van der Waals surface area contributed by atoms with Crippen LogP contribution in [0.3, 0.4) is 0 Å². The van der Waals surface area contributed by atoms with Crippen LogP contribution >= 0.6 is 11.6 Å². The Morgan fingerprint density at radius 2 is 1.76 bits per heavy atom. The summed E-state index contributed by atoms with van der Waals surface area (Å²) >= 11 is 6.27. The van der Waals surface area contributed by atoms with E-state index in [2.05, 4.69) is 12.2 Å². The van der Waals surface area contributed by atoms with Gasteiger partial charge in [0, 0.05) is 12.1 Å². The molecule has 2 rings (SSSR count). The van der Waals surface area contributed by atoms with Crippen molar-refractivity contribution in [3.63, 3.8) is 0 Å². The lowest BCUT2D eigenvalue weighted by atomic mass is 10.2. The highest BCUT2D eigenvalue weighted by atomic mass is 35.5. The number of para-hydroxylation sites is 1. The number of ether oxygens (including phenoxy) is 2. The Kier molecular flexibility index (Phi) is 5.90. The Balaban J connectivity index is 2.16. The molecule has 0 aliphatic carbocycles. The summed E-state index contributed by atoms with van der Waals surface area (Å²) in [5.74, 6) is 2.24. The molecule has 2 aromatic carbocycles. The van der Waals surface area contributed by atoms with E-state index in [9.17, 15) is 0 Å². The Hall–Kier alpha value is -1.71. The Morgan fingerprint density at radius 1 is 1.05 bits per heavy atom. The van der Waals surface area contributed by atoms with E-state index in [0.717, 1.165) is 36.6 Å². The van der Waals surface area contributed by atoms with Crippen LogP contribution in [0.5, 0.6) is 17.2 Å². The molecule has 0 atom stereocenters. The summed E-state index contributed by atoms with van der Waals surface area (Å²) in [7, 11) is 1.64. The van der Waals surface area contributed by atoms with Crippen molar-refractivity contribution in [3.8, 4) is 17.2 Å². The molecule has 0 bridgehead atoms. The molecule has 0 saturated heterocycles. The molecule has 21 heavy (non-hydrogen) atoms. The van der Waals surface area contributed by atoms with Crippen LogP contribution in [0.2, 0.25) is 5.02 Å². The summed E-state index contributed by atoms with van der Waals surface area (Å²) in [6.45, 7) is 3.84. The van der Waals surface area contributed by atoms with Crippen LogP contribution in [-0.4, -0.2) is 13.7 Å². The zero-order valence-corrected chi connectivity index (χ0v) is 13.1. The third-order valence-electron chi connectivity index (χ3n) is 3.07. The maximum atomic E-state index is 6.27. The molecular formula is C17H20ClNO2. The van der Waals surface area contributed by atoms with E-state index in [1.807, 2.05) is 42.5 Å². The molecular weight excluding hydrogens is 286 g/mol. The molecule has 0 unspecified atom stereocenters. The summed E-state index contributed by atoms with van der Waals surface area (Å²) in [4.78, 5) is 0. The molecule has 0 fully saturated rings. The zero-order valence-electron chi connectivity index (χ0n) is 12.4. The molecule has 0 aliphatic rings. The van der Waals surface area contributed by atoms with Gasteiger partial charge in [0.2, 0.25) is 0 Å². The third kappa shape index (κ3) is 4.38. The van der Waals surface area contributed by atoms with Gasteiger partial charge in [-0.15, -0.1) is 0 Å². The van der Waals surface area contributed by atoms with E-state index in [1.54, 1.807) is 7.11 Å². The topological polar surface area (TPSA) is 30.5 Å². The highest BCUT2D eigenvalue weighted by Gasteiger charge is 2.09.